The van der Waals surface area contributed by atoms with Gasteiger partial charge in [-0.25, -0.2) is 4.68 Å². The van der Waals surface area contributed by atoms with Crippen LogP contribution < -0.4 is 5.32 Å². The van der Waals surface area contributed by atoms with E-state index in [1.165, 1.54) is 5.56 Å². The van der Waals surface area contributed by atoms with Crippen molar-refractivity contribution in [3.8, 4) is 0 Å². The Morgan fingerprint density at radius 2 is 1.74 bits per heavy atom. The lowest BCUT2D eigenvalue weighted by atomic mass is 10.1. The summed E-state index contributed by atoms with van der Waals surface area (Å²) in [6.07, 6.45) is 0.551. The predicted molar refractivity (Wildman–Crippen MR) is 107 cm³/mol. The van der Waals surface area contributed by atoms with Crippen LogP contribution >= 0.6 is 11.8 Å². The minimum absolute atomic E-state index is 0.0606. The van der Waals surface area contributed by atoms with Crippen LogP contribution in [0, 0.1) is 6.92 Å². The highest BCUT2D eigenvalue weighted by molar-refractivity contribution is 7.98. The molecule has 3 aromatic rings. The van der Waals surface area contributed by atoms with Crippen molar-refractivity contribution in [2.75, 3.05) is 12.3 Å². The molecule has 1 heterocycles. The van der Waals surface area contributed by atoms with Gasteiger partial charge in [-0.05, 0) is 28.5 Å². The number of hydrogen-bond acceptors (Lipinski definition) is 5. The fourth-order valence-corrected chi connectivity index (χ4v) is 3.60. The Bertz CT molecular complexity index is 838. The van der Waals surface area contributed by atoms with Crippen LogP contribution in [-0.2, 0) is 17.0 Å². The lowest BCUT2D eigenvalue weighted by molar-refractivity contribution is -0.124. The number of amides is 1. The van der Waals surface area contributed by atoms with Crippen LogP contribution in [0.2, 0.25) is 0 Å². The Labute approximate surface area is 163 Å². The summed E-state index contributed by atoms with van der Waals surface area (Å²) in [5.74, 6) is 2.36. The molecule has 0 aliphatic carbocycles. The monoisotopic (exact) mass is 381 g/mol. The molecule has 140 valence electrons. The van der Waals surface area contributed by atoms with E-state index in [-0.39, 0.29) is 5.91 Å². The van der Waals surface area contributed by atoms with Gasteiger partial charge in [-0.1, -0.05) is 60.7 Å². The summed E-state index contributed by atoms with van der Waals surface area (Å²) in [6, 6.07) is 19.8. The van der Waals surface area contributed by atoms with Crippen LogP contribution in [-0.4, -0.2) is 38.4 Å². The van der Waals surface area contributed by atoms with Gasteiger partial charge in [0.2, 0.25) is 5.91 Å². The fourth-order valence-electron chi connectivity index (χ4n) is 2.78. The van der Waals surface area contributed by atoms with E-state index in [1.807, 2.05) is 48.5 Å². The number of aromatic nitrogens is 4. The highest BCUT2D eigenvalue weighted by Gasteiger charge is 2.23. The van der Waals surface area contributed by atoms with Gasteiger partial charge in [-0.3, -0.25) is 4.79 Å². The number of aryl methyl sites for hydroxylation is 1. The molecule has 0 aliphatic rings. The number of nitrogens with zero attached hydrogens (tertiary/aromatic N) is 4. The molecular formula is C20H23N5OS. The summed E-state index contributed by atoms with van der Waals surface area (Å²) in [5.41, 5.74) is 2.37. The van der Waals surface area contributed by atoms with Crippen molar-refractivity contribution in [3.63, 3.8) is 0 Å². The van der Waals surface area contributed by atoms with Gasteiger partial charge in [-0.15, -0.1) is 5.10 Å². The minimum atomic E-state index is -0.457. The second-order valence-electron chi connectivity index (χ2n) is 6.21. The first-order chi connectivity index (χ1) is 13.2. The summed E-state index contributed by atoms with van der Waals surface area (Å²) < 4.78 is 1.60. The van der Waals surface area contributed by atoms with Crippen molar-refractivity contribution < 1.29 is 4.79 Å². The van der Waals surface area contributed by atoms with E-state index in [0.717, 1.165) is 17.1 Å². The van der Waals surface area contributed by atoms with E-state index in [9.17, 15) is 4.79 Å². The first-order valence-electron chi connectivity index (χ1n) is 8.92. The molecule has 1 aromatic heterocycles. The molecule has 0 fully saturated rings. The molecule has 1 amide bonds. The number of thioether (sulfide) groups is 1. The summed E-state index contributed by atoms with van der Waals surface area (Å²) >= 11 is 1.80. The van der Waals surface area contributed by atoms with Crippen LogP contribution in [0.4, 0.5) is 0 Å². The normalized spacial score (nSPS) is 11.9. The van der Waals surface area contributed by atoms with Gasteiger partial charge >= 0.3 is 0 Å². The van der Waals surface area contributed by atoms with Crippen molar-refractivity contribution in [1.82, 2.24) is 25.5 Å². The number of tetrazole rings is 1. The van der Waals surface area contributed by atoms with Crippen molar-refractivity contribution >= 4 is 17.7 Å². The van der Waals surface area contributed by atoms with Gasteiger partial charge in [0.15, 0.2) is 0 Å². The number of benzene rings is 2. The molecule has 0 saturated heterocycles. The number of hydrogen-bond donors (Lipinski definition) is 1. The summed E-state index contributed by atoms with van der Waals surface area (Å²) in [5, 5.41) is 14.6. The van der Waals surface area contributed by atoms with Gasteiger partial charge in [0.1, 0.15) is 11.9 Å². The third-order valence-electron chi connectivity index (χ3n) is 4.18. The van der Waals surface area contributed by atoms with Crippen LogP contribution in [0.25, 0.3) is 0 Å². The molecular weight excluding hydrogens is 358 g/mol. The Balaban J connectivity index is 1.54. The molecule has 1 atom stereocenters. The fraction of sp³-hybridized carbons (Fsp3) is 0.300. The second-order valence-corrected chi connectivity index (χ2v) is 7.31. The third-order valence-corrected chi connectivity index (χ3v) is 5.21. The van der Waals surface area contributed by atoms with E-state index in [2.05, 4.69) is 33.0 Å². The van der Waals surface area contributed by atoms with Gasteiger partial charge in [0.25, 0.3) is 0 Å². The zero-order valence-corrected chi connectivity index (χ0v) is 16.1. The van der Waals surface area contributed by atoms with Crippen LogP contribution in [0.1, 0.15) is 23.0 Å². The Morgan fingerprint density at radius 1 is 1.07 bits per heavy atom. The average Bonchev–Trinajstić information content (AvgIpc) is 3.13. The Kier molecular flexibility index (Phi) is 6.98. The highest BCUT2D eigenvalue weighted by Crippen LogP contribution is 2.15. The van der Waals surface area contributed by atoms with E-state index < -0.39 is 6.04 Å². The third kappa shape index (κ3) is 5.65. The first-order valence-corrected chi connectivity index (χ1v) is 10.1. The van der Waals surface area contributed by atoms with Gasteiger partial charge < -0.3 is 5.32 Å². The van der Waals surface area contributed by atoms with Gasteiger partial charge in [0.05, 0.1) is 0 Å². The van der Waals surface area contributed by atoms with Crippen molar-refractivity contribution in [2.45, 2.75) is 25.1 Å². The number of carbonyl (C=O) groups is 1. The lowest BCUT2D eigenvalue weighted by Gasteiger charge is -2.17. The molecule has 3 rings (SSSR count). The van der Waals surface area contributed by atoms with Crippen LogP contribution in [0.15, 0.2) is 60.7 Å². The first kappa shape index (κ1) is 19.1. The second kappa shape index (κ2) is 9.87. The van der Waals surface area contributed by atoms with Crippen molar-refractivity contribution in [2.24, 2.45) is 0 Å². The predicted octanol–water partition coefficient (Wildman–Crippen LogP) is 2.81. The van der Waals surface area contributed by atoms with Crippen molar-refractivity contribution in [3.05, 3.63) is 77.6 Å². The molecule has 7 heteroatoms. The SMILES string of the molecule is Cc1nnnn1[C@@H](Cc1ccccc1)C(=O)NCCSCc1ccccc1. The summed E-state index contributed by atoms with van der Waals surface area (Å²) in [6.45, 7) is 2.42. The molecule has 2 aromatic carbocycles. The maximum atomic E-state index is 12.8. The Morgan fingerprint density at radius 3 is 2.37 bits per heavy atom. The largest absolute Gasteiger partial charge is 0.353 e. The molecule has 0 bridgehead atoms. The lowest BCUT2D eigenvalue weighted by Crippen LogP contribution is -2.36. The zero-order chi connectivity index (χ0) is 18.9. The number of carbonyl (C=O) groups excluding carboxylic acids is 1. The molecule has 6 nitrogen and oxygen atoms in total. The molecule has 0 saturated carbocycles. The molecule has 0 unspecified atom stereocenters. The van der Waals surface area contributed by atoms with Crippen LogP contribution in [0.3, 0.4) is 0 Å². The van der Waals surface area contributed by atoms with E-state index in [1.54, 1.807) is 23.4 Å². The van der Waals surface area contributed by atoms with Gasteiger partial charge in [0, 0.05) is 24.5 Å². The maximum Gasteiger partial charge on any atom is 0.245 e. The smallest absolute Gasteiger partial charge is 0.245 e. The molecule has 0 spiro atoms. The van der Waals surface area contributed by atoms with E-state index in [4.69, 9.17) is 0 Å². The van der Waals surface area contributed by atoms with E-state index >= 15 is 0 Å². The molecule has 0 radical (unpaired) electrons. The standard InChI is InChI=1S/C20H23N5OS/c1-16-22-23-24-25(16)19(14-17-8-4-2-5-9-17)20(26)21-12-13-27-15-18-10-6-3-7-11-18/h2-11,19H,12-15H2,1H3,(H,21,26)/t19-/m0/s1. The molecule has 27 heavy (non-hydrogen) atoms. The summed E-state index contributed by atoms with van der Waals surface area (Å²) in [7, 11) is 0. The quantitative estimate of drug-likeness (QED) is 0.577. The number of nitrogens with one attached hydrogen (secondary N) is 1. The molecule has 0 aliphatic heterocycles. The highest BCUT2D eigenvalue weighted by atomic mass is 32.2. The zero-order valence-electron chi connectivity index (χ0n) is 15.3. The topological polar surface area (TPSA) is 72.7 Å². The molecule has 1 N–H and O–H groups in total. The van der Waals surface area contributed by atoms with Crippen molar-refractivity contribution in [1.29, 1.82) is 0 Å². The number of rotatable bonds is 9. The summed E-state index contributed by atoms with van der Waals surface area (Å²) in [4.78, 5) is 12.8. The van der Waals surface area contributed by atoms with Crippen LogP contribution in [0.5, 0.6) is 0 Å². The van der Waals surface area contributed by atoms with E-state index in [0.29, 0.717) is 18.8 Å². The minimum Gasteiger partial charge on any atom is -0.353 e. The maximum absolute atomic E-state index is 12.8. The van der Waals surface area contributed by atoms with Gasteiger partial charge in [-0.2, -0.15) is 11.8 Å². The Hall–Kier alpha value is -2.67. The average molecular weight is 382 g/mol.